The van der Waals surface area contributed by atoms with Crippen molar-refractivity contribution in [3.8, 4) is 16.9 Å². The minimum Gasteiger partial charge on any atom is -0.508 e. The summed E-state index contributed by atoms with van der Waals surface area (Å²) in [6.45, 7) is 2.12. The monoisotopic (exact) mass is 366 g/mol. The summed E-state index contributed by atoms with van der Waals surface area (Å²) in [6, 6.07) is 23.7. The van der Waals surface area contributed by atoms with Crippen molar-refractivity contribution in [1.29, 1.82) is 0 Å². The number of pyridine rings is 1. The number of fused-ring (bicyclic) bond motifs is 3. The lowest BCUT2D eigenvalue weighted by atomic mass is 10.0. The molecule has 0 bridgehead atoms. The second kappa shape index (κ2) is 6.46. The summed E-state index contributed by atoms with van der Waals surface area (Å²) in [5.41, 5.74) is 5.92. The van der Waals surface area contributed by atoms with Crippen LogP contribution in [0.5, 0.6) is 5.75 Å². The molecule has 0 unspecified atom stereocenters. The van der Waals surface area contributed by atoms with E-state index in [1.54, 1.807) is 18.3 Å². The smallest absolute Gasteiger partial charge is 0.132 e. The molecule has 2 heterocycles. The molecule has 5 heteroatoms. The van der Waals surface area contributed by atoms with Gasteiger partial charge in [0.2, 0.25) is 0 Å². The molecule has 0 amide bonds. The fourth-order valence-electron chi connectivity index (χ4n) is 3.60. The Bertz CT molecular complexity index is 1280. The summed E-state index contributed by atoms with van der Waals surface area (Å²) in [7, 11) is 0. The lowest BCUT2D eigenvalue weighted by Crippen LogP contribution is -2.08. The number of hydrogen-bond donors (Lipinski definition) is 1. The van der Waals surface area contributed by atoms with E-state index >= 15 is 0 Å². The third kappa shape index (κ3) is 2.68. The van der Waals surface area contributed by atoms with Crippen molar-refractivity contribution in [3.63, 3.8) is 0 Å². The molecule has 3 aromatic carbocycles. The number of hydrogen-bond acceptors (Lipinski definition) is 4. The molecule has 0 spiro atoms. The van der Waals surface area contributed by atoms with Crippen molar-refractivity contribution in [3.05, 3.63) is 84.6 Å². The van der Waals surface area contributed by atoms with Crippen molar-refractivity contribution in [2.75, 3.05) is 0 Å². The van der Waals surface area contributed by atoms with Crippen LogP contribution in [0.3, 0.4) is 0 Å². The molecule has 0 aliphatic carbocycles. The highest BCUT2D eigenvalue weighted by Crippen LogP contribution is 2.31. The molecule has 2 aromatic heterocycles. The van der Waals surface area contributed by atoms with E-state index in [0.29, 0.717) is 0 Å². The lowest BCUT2D eigenvalue weighted by Gasteiger charge is -2.14. The van der Waals surface area contributed by atoms with Gasteiger partial charge in [-0.1, -0.05) is 53.7 Å². The summed E-state index contributed by atoms with van der Waals surface area (Å²) in [5, 5.41) is 19.4. The molecule has 5 nitrogen and oxygen atoms in total. The first-order valence-corrected chi connectivity index (χ1v) is 9.19. The van der Waals surface area contributed by atoms with E-state index in [1.807, 2.05) is 47.1 Å². The SMILES string of the molecule is C[C@H](c1ccccc1)n1nnc2cnc3ccc(-c4ccc(O)cc4)cc3c21. The quantitative estimate of drug-likeness (QED) is 0.490. The predicted octanol–water partition coefficient (Wildman–Crippen LogP) is 4.96. The Kier molecular flexibility index (Phi) is 3.79. The maximum atomic E-state index is 9.56. The van der Waals surface area contributed by atoms with Crippen molar-refractivity contribution in [2.45, 2.75) is 13.0 Å². The Labute approximate surface area is 161 Å². The van der Waals surface area contributed by atoms with Crippen molar-refractivity contribution in [1.82, 2.24) is 20.0 Å². The molecule has 136 valence electrons. The second-order valence-corrected chi connectivity index (χ2v) is 6.89. The van der Waals surface area contributed by atoms with E-state index in [2.05, 4.69) is 40.4 Å². The van der Waals surface area contributed by atoms with E-state index in [0.717, 1.165) is 33.1 Å². The molecule has 0 aliphatic rings. The molecule has 5 rings (SSSR count). The van der Waals surface area contributed by atoms with E-state index in [-0.39, 0.29) is 11.8 Å². The number of phenolic OH excluding ortho intramolecular Hbond substituents is 1. The molecule has 1 N–H and O–H groups in total. The Balaban J connectivity index is 1.73. The maximum absolute atomic E-state index is 9.56. The first-order chi connectivity index (χ1) is 13.7. The Morgan fingerprint density at radius 3 is 2.39 bits per heavy atom. The van der Waals surface area contributed by atoms with Gasteiger partial charge in [-0.15, -0.1) is 5.10 Å². The normalized spacial score (nSPS) is 12.5. The molecule has 0 aliphatic heterocycles. The fourth-order valence-corrected chi connectivity index (χ4v) is 3.60. The van der Waals surface area contributed by atoms with Crippen LogP contribution in [0.4, 0.5) is 0 Å². The minimum absolute atomic E-state index is 0.0501. The van der Waals surface area contributed by atoms with E-state index in [9.17, 15) is 5.11 Å². The zero-order chi connectivity index (χ0) is 19.1. The molecule has 0 radical (unpaired) electrons. The van der Waals surface area contributed by atoms with Crippen molar-refractivity contribution >= 4 is 21.9 Å². The number of nitrogens with zero attached hydrogens (tertiary/aromatic N) is 4. The highest BCUT2D eigenvalue weighted by Gasteiger charge is 2.16. The van der Waals surface area contributed by atoms with E-state index in [4.69, 9.17) is 0 Å². The summed E-state index contributed by atoms with van der Waals surface area (Å²) in [5.74, 6) is 0.257. The number of phenols is 1. The Morgan fingerprint density at radius 2 is 1.61 bits per heavy atom. The number of aromatic hydroxyl groups is 1. The third-order valence-electron chi connectivity index (χ3n) is 5.15. The summed E-state index contributed by atoms with van der Waals surface area (Å²) in [6.07, 6.45) is 1.78. The van der Waals surface area contributed by atoms with Gasteiger partial charge in [-0.3, -0.25) is 4.98 Å². The van der Waals surface area contributed by atoms with Crippen LogP contribution >= 0.6 is 0 Å². The molecule has 1 atom stereocenters. The van der Waals surface area contributed by atoms with Gasteiger partial charge in [0.05, 0.1) is 17.8 Å². The minimum atomic E-state index is 0.0501. The first-order valence-electron chi connectivity index (χ1n) is 9.19. The van der Waals surface area contributed by atoms with Crippen LogP contribution in [0.15, 0.2) is 79.0 Å². The second-order valence-electron chi connectivity index (χ2n) is 6.89. The third-order valence-corrected chi connectivity index (χ3v) is 5.15. The average molecular weight is 366 g/mol. The van der Waals surface area contributed by atoms with Gasteiger partial charge in [0.1, 0.15) is 16.8 Å². The van der Waals surface area contributed by atoms with Gasteiger partial charge in [-0.05, 0) is 47.9 Å². The summed E-state index contributed by atoms with van der Waals surface area (Å²) < 4.78 is 1.97. The fraction of sp³-hybridized carbons (Fsp3) is 0.0870. The standard InChI is InChI=1S/C23H18N4O/c1-15(16-5-3-2-4-6-16)27-23-20-13-18(17-7-10-19(28)11-8-17)9-12-21(20)24-14-22(23)25-26-27/h2-15,28H,1H3/t15-/m1/s1. The highest BCUT2D eigenvalue weighted by molar-refractivity contribution is 6.03. The van der Waals surface area contributed by atoms with Crippen LogP contribution in [0.25, 0.3) is 33.1 Å². The maximum Gasteiger partial charge on any atom is 0.132 e. The number of rotatable bonds is 3. The molecular formula is C23H18N4O. The molecule has 5 aromatic rings. The lowest BCUT2D eigenvalue weighted by molar-refractivity contribution is 0.475. The summed E-state index contributed by atoms with van der Waals surface area (Å²) in [4.78, 5) is 4.55. The van der Waals surface area contributed by atoms with Gasteiger partial charge in [0.25, 0.3) is 0 Å². The Hall–Kier alpha value is -3.73. The largest absolute Gasteiger partial charge is 0.508 e. The Morgan fingerprint density at radius 1 is 0.857 bits per heavy atom. The van der Waals surface area contributed by atoms with Crippen LogP contribution in [0, 0.1) is 0 Å². The molecule has 0 saturated heterocycles. The van der Waals surface area contributed by atoms with Gasteiger partial charge in [-0.2, -0.15) is 0 Å². The number of aromatic nitrogens is 4. The van der Waals surface area contributed by atoms with Gasteiger partial charge in [-0.25, -0.2) is 4.68 Å². The molecule has 28 heavy (non-hydrogen) atoms. The van der Waals surface area contributed by atoms with Crippen LogP contribution in [-0.2, 0) is 0 Å². The van der Waals surface area contributed by atoms with E-state index < -0.39 is 0 Å². The van der Waals surface area contributed by atoms with Crippen LogP contribution < -0.4 is 0 Å². The topological polar surface area (TPSA) is 63.8 Å². The zero-order valence-corrected chi connectivity index (χ0v) is 15.3. The molecule has 0 fully saturated rings. The van der Waals surface area contributed by atoms with Crippen LogP contribution in [-0.4, -0.2) is 25.1 Å². The van der Waals surface area contributed by atoms with Gasteiger partial charge in [0, 0.05) is 5.39 Å². The highest BCUT2D eigenvalue weighted by atomic mass is 16.3. The van der Waals surface area contributed by atoms with Gasteiger partial charge < -0.3 is 5.11 Å². The van der Waals surface area contributed by atoms with Crippen molar-refractivity contribution in [2.24, 2.45) is 0 Å². The molecule has 0 saturated carbocycles. The number of benzene rings is 3. The van der Waals surface area contributed by atoms with Crippen molar-refractivity contribution < 1.29 is 5.11 Å². The molecular weight excluding hydrogens is 348 g/mol. The average Bonchev–Trinajstić information content (AvgIpc) is 3.19. The van der Waals surface area contributed by atoms with E-state index in [1.165, 1.54) is 5.56 Å². The van der Waals surface area contributed by atoms with Gasteiger partial charge in [0.15, 0.2) is 0 Å². The zero-order valence-electron chi connectivity index (χ0n) is 15.3. The van der Waals surface area contributed by atoms with Crippen LogP contribution in [0.2, 0.25) is 0 Å². The van der Waals surface area contributed by atoms with Gasteiger partial charge >= 0.3 is 0 Å². The predicted molar refractivity (Wildman–Crippen MR) is 110 cm³/mol. The summed E-state index contributed by atoms with van der Waals surface area (Å²) >= 11 is 0. The van der Waals surface area contributed by atoms with Crippen LogP contribution in [0.1, 0.15) is 18.5 Å². The first kappa shape index (κ1) is 16.4.